The van der Waals surface area contributed by atoms with E-state index in [1.165, 1.54) is 5.56 Å². The van der Waals surface area contributed by atoms with E-state index in [2.05, 4.69) is 19.1 Å². The van der Waals surface area contributed by atoms with Crippen molar-refractivity contribution in [3.63, 3.8) is 0 Å². The minimum atomic E-state index is 0.213. The van der Waals surface area contributed by atoms with Crippen LogP contribution >= 0.6 is 0 Å². The van der Waals surface area contributed by atoms with Gasteiger partial charge in [0.15, 0.2) is 0 Å². The minimum absolute atomic E-state index is 0.213. The molecule has 0 saturated heterocycles. The molecule has 0 bridgehead atoms. The molecule has 0 saturated carbocycles. The fraction of sp³-hybridized carbons (Fsp3) is 0.200. The summed E-state index contributed by atoms with van der Waals surface area (Å²) < 4.78 is 5.63. The third-order valence-corrected chi connectivity index (χ3v) is 2.52. The summed E-state index contributed by atoms with van der Waals surface area (Å²) in [5.41, 5.74) is 1.32. The average molecular weight is 228 g/mol. The quantitative estimate of drug-likeness (QED) is 0.852. The van der Waals surface area contributed by atoms with Crippen molar-refractivity contribution in [2.24, 2.45) is 0 Å². The zero-order valence-corrected chi connectivity index (χ0v) is 9.89. The Labute approximate surface area is 101 Å². The van der Waals surface area contributed by atoms with Gasteiger partial charge in [0.25, 0.3) is 0 Å². The summed E-state index contributed by atoms with van der Waals surface area (Å²) in [4.78, 5) is 0. The van der Waals surface area contributed by atoms with Gasteiger partial charge >= 0.3 is 0 Å². The zero-order valence-electron chi connectivity index (χ0n) is 9.89. The Kier molecular flexibility index (Phi) is 3.66. The highest BCUT2D eigenvalue weighted by Crippen LogP contribution is 2.24. The van der Waals surface area contributed by atoms with E-state index in [9.17, 15) is 5.11 Å². The number of hydrogen-bond acceptors (Lipinski definition) is 2. The van der Waals surface area contributed by atoms with Gasteiger partial charge in [0.05, 0.1) is 0 Å². The van der Waals surface area contributed by atoms with Gasteiger partial charge in [-0.3, -0.25) is 0 Å². The molecule has 2 heteroatoms. The monoisotopic (exact) mass is 228 g/mol. The van der Waals surface area contributed by atoms with Crippen LogP contribution in [-0.4, -0.2) is 5.11 Å². The lowest BCUT2D eigenvalue weighted by atomic mass is 10.1. The molecule has 2 aromatic rings. The Morgan fingerprint density at radius 1 is 1.00 bits per heavy atom. The summed E-state index contributed by atoms with van der Waals surface area (Å²) in [6, 6.07) is 14.8. The molecule has 0 radical (unpaired) electrons. The highest BCUT2D eigenvalue weighted by atomic mass is 16.5. The summed E-state index contributed by atoms with van der Waals surface area (Å²) in [6.07, 6.45) is 2.24. The number of aromatic hydroxyl groups is 1. The predicted molar refractivity (Wildman–Crippen MR) is 68.6 cm³/mol. The smallest absolute Gasteiger partial charge is 0.131 e. The first-order valence-corrected chi connectivity index (χ1v) is 5.84. The summed E-state index contributed by atoms with van der Waals surface area (Å²) in [7, 11) is 0. The summed E-state index contributed by atoms with van der Waals surface area (Å²) in [5.74, 6) is 1.65. The van der Waals surface area contributed by atoms with Crippen LogP contribution in [0.4, 0.5) is 0 Å². The first kappa shape index (κ1) is 11.5. The lowest BCUT2D eigenvalue weighted by Gasteiger charge is -2.06. The summed E-state index contributed by atoms with van der Waals surface area (Å²) >= 11 is 0. The average Bonchev–Trinajstić information content (AvgIpc) is 2.32. The lowest BCUT2D eigenvalue weighted by Crippen LogP contribution is -1.86. The standard InChI is InChI=1S/C15H16O2/c1-2-4-12-7-9-14(10-8-12)17-15-6-3-5-13(16)11-15/h3,5-11,16H,2,4H2,1H3. The molecule has 0 fully saturated rings. The third-order valence-electron chi connectivity index (χ3n) is 2.52. The maximum atomic E-state index is 9.33. The molecule has 1 N–H and O–H groups in total. The van der Waals surface area contributed by atoms with Gasteiger partial charge in [-0.25, -0.2) is 0 Å². The van der Waals surface area contributed by atoms with Gasteiger partial charge in [0.2, 0.25) is 0 Å². The fourth-order valence-electron chi connectivity index (χ4n) is 1.70. The number of aryl methyl sites for hydroxylation is 1. The van der Waals surface area contributed by atoms with Crippen molar-refractivity contribution < 1.29 is 9.84 Å². The van der Waals surface area contributed by atoms with Crippen LogP contribution in [-0.2, 0) is 6.42 Å². The number of hydrogen-bond donors (Lipinski definition) is 1. The molecule has 0 atom stereocenters. The Hall–Kier alpha value is -1.96. The van der Waals surface area contributed by atoms with Crippen LogP contribution < -0.4 is 4.74 Å². The van der Waals surface area contributed by atoms with Crippen LogP contribution in [0.25, 0.3) is 0 Å². The Morgan fingerprint density at radius 3 is 2.41 bits per heavy atom. The number of ether oxygens (including phenoxy) is 1. The fourth-order valence-corrected chi connectivity index (χ4v) is 1.70. The molecule has 2 rings (SSSR count). The molecule has 0 spiro atoms. The highest BCUT2D eigenvalue weighted by molar-refractivity contribution is 5.36. The molecule has 0 amide bonds. The topological polar surface area (TPSA) is 29.5 Å². The molecule has 0 heterocycles. The maximum Gasteiger partial charge on any atom is 0.131 e. The molecule has 0 aliphatic carbocycles. The van der Waals surface area contributed by atoms with E-state index in [4.69, 9.17) is 4.74 Å². The largest absolute Gasteiger partial charge is 0.508 e. The number of benzene rings is 2. The van der Waals surface area contributed by atoms with Gasteiger partial charge in [-0.1, -0.05) is 31.5 Å². The first-order chi connectivity index (χ1) is 8.28. The van der Waals surface area contributed by atoms with Crippen molar-refractivity contribution in [3.8, 4) is 17.2 Å². The maximum absolute atomic E-state index is 9.33. The van der Waals surface area contributed by atoms with E-state index in [0.29, 0.717) is 5.75 Å². The second-order valence-electron chi connectivity index (χ2n) is 3.99. The second kappa shape index (κ2) is 5.39. The zero-order chi connectivity index (χ0) is 12.1. The molecule has 88 valence electrons. The van der Waals surface area contributed by atoms with Crippen LogP contribution in [0.5, 0.6) is 17.2 Å². The van der Waals surface area contributed by atoms with Gasteiger partial charge in [-0.2, -0.15) is 0 Å². The minimum Gasteiger partial charge on any atom is -0.508 e. The van der Waals surface area contributed by atoms with Gasteiger partial charge in [0.1, 0.15) is 17.2 Å². The Bertz CT molecular complexity index is 475. The van der Waals surface area contributed by atoms with Crippen LogP contribution in [0.3, 0.4) is 0 Å². The lowest BCUT2D eigenvalue weighted by molar-refractivity contribution is 0.455. The van der Waals surface area contributed by atoms with Gasteiger partial charge in [-0.05, 0) is 36.2 Å². The number of phenols is 1. The van der Waals surface area contributed by atoms with E-state index in [0.717, 1.165) is 18.6 Å². The van der Waals surface area contributed by atoms with Crippen molar-refractivity contribution in [2.45, 2.75) is 19.8 Å². The number of phenolic OH excluding ortho intramolecular Hbond substituents is 1. The van der Waals surface area contributed by atoms with Crippen LogP contribution in [0.1, 0.15) is 18.9 Å². The van der Waals surface area contributed by atoms with E-state index in [-0.39, 0.29) is 5.75 Å². The van der Waals surface area contributed by atoms with Gasteiger partial charge in [-0.15, -0.1) is 0 Å². The van der Waals surface area contributed by atoms with Crippen molar-refractivity contribution >= 4 is 0 Å². The predicted octanol–water partition coefficient (Wildman–Crippen LogP) is 4.14. The van der Waals surface area contributed by atoms with E-state index >= 15 is 0 Å². The van der Waals surface area contributed by atoms with Crippen molar-refractivity contribution in [3.05, 3.63) is 54.1 Å². The summed E-state index contributed by atoms with van der Waals surface area (Å²) in [6.45, 7) is 2.16. The van der Waals surface area contributed by atoms with Crippen LogP contribution in [0, 0.1) is 0 Å². The highest BCUT2D eigenvalue weighted by Gasteiger charge is 1.98. The molecule has 2 nitrogen and oxygen atoms in total. The van der Waals surface area contributed by atoms with Crippen molar-refractivity contribution in [2.75, 3.05) is 0 Å². The molecule has 0 aromatic heterocycles. The van der Waals surface area contributed by atoms with Crippen LogP contribution in [0.2, 0.25) is 0 Å². The van der Waals surface area contributed by atoms with Crippen molar-refractivity contribution in [1.82, 2.24) is 0 Å². The normalized spacial score (nSPS) is 10.2. The molecular formula is C15H16O2. The summed E-state index contributed by atoms with van der Waals surface area (Å²) in [5, 5.41) is 9.33. The van der Waals surface area contributed by atoms with Gasteiger partial charge < -0.3 is 9.84 Å². The third kappa shape index (κ3) is 3.25. The first-order valence-electron chi connectivity index (χ1n) is 5.84. The SMILES string of the molecule is CCCc1ccc(Oc2cccc(O)c2)cc1. The van der Waals surface area contributed by atoms with E-state index in [1.807, 2.05) is 18.2 Å². The molecule has 0 aliphatic heterocycles. The van der Waals surface area contributed by atoms with E-state index < -0.39 is 0 Å². The molecule has 17 heavy (non-hydrogen) atoms. The van der Waals surface area contributed by atoms with Gasteiger partial charge in [0, 0.05) is 6.07 Å². The molecule has 2 aromatic carbocycles. The molecular weight excluding hydrogens is 212 g/mol. The second-order valence-corrected chi connectivity index (χ2v) is 3.99. The molecule has 0 unspecified atom stereocenters. The van der Waals surface area contributed by atoms with Crippen molar-refractivity contribution in [1.29, 1.82) is 0 Å². The Balaban J connectivity index is 2.08. The number of rotatable bonds is 4. The molecule has 0 aliphatic rings. The van der Waals surface area contributed by atoms with Crippen LogP contribution in [0.15, 0.2) is 48.5 Å². The van der Waals surface area contributed by atoms with E-state index in [1.54, 1.807) is 18.2 Å². The Morgan fingerprint density at radius 2 is 1.76 bits per heavy atom.